The molecule has 9 nitrogen and oxygen atoms in total. The molecule has 2 aromatic heterocycles. The van der Waals surface area contributed by atoms with E-state index in [-0.39, 0.29) is 24.8 Å². The molecule has 0 aliphatic carbocycles. The van der Waals surface area contributed by atoms with Crippen LogP contribution < -0.4 is 21.1 Å². The van der Waals surface area contributed by atoms with Gasteiger partial charge in [-0.05, 0) is 29.8 Å². The van der Waals surface area contributed by atoms with Gasteiger partial charge in [0.05, 0.1) is 18.1 Å². The first-order chi connectivity index (χ1) is 14.7. The molecule has 0 saturated heterocycles. The third-order valence-corrected chi connectivity index (χ3v) is 3.86. The summed E-state index contributed by atoms with van der Waals surface area (Å²) in [5, 5.41) is 14.6. The van der Waals surface area contributed by atoms with E-state index in [1.807, 2.05) is 24.3 Å². The van der Waals surface area contributed by atoms with Gasteiger partial charge in [-0.3, -0.25) is 4.79 Å². The molecule has 0 bridgehead atoms. The number of ether oxygens (including phenoxy) is 1. The predicted octanol–water partition coefficient (Wildman–Crippen LogP) is 1.69. The van der Waals surface area contributed by atoms with Crippen LogP contribution in [0.1, 0.15) is 16.1 Å². The van der Waals surface area contributed by atoms with E-state index in [4.69, 9.17) is 15.6 Å². The lowest BCUT2D eigenvalue weighted by Gasteiger charge is -2.10. The fraction of sp³-hybridized carbons (Fsp3) is 0.143. The Balaban J connectivity index is 1.57. The van der Waals surface area contributed by atoms with Crippen molar-refractivity contribution in [1.82, 2.24) is 15.0 Å². The van der Waals surface area contributed by atoms with Gasteiger partial charge in [-0.2, -0.15) is 0 Å². The van der Waals surface area contributed by atoms with E-state index in [0.29, 0.717) is 18.1 Å². The molecule has 0 radical (unpaired) electrons. The molecule has 9 heteroatoms. The van der Waals surface area contributed by atoms with Gasteiger partial charge in [-0.1, -0.05) is 24.0 Å². The Labute approximate surface area is 173 Å². The van der Waals surface area contributed by atoms with Gasteiger partial charge in [-0.15, -0.1) is 0 Å². The molecule has 0 atom stereocenters. The monoisotopic (exact) mass is 404 g/mol. The second-order valence-electron chi connectivity index (χ2n) is 5.98. The van der Waals surface area contributed by atoms with Crippen LogP contribution in [-0.2, 0) is 6.54 Å². The second kappa shape index (κ2) is 10.4. The molecule has 152 valence electrons. The van der Waals surface area contributed by atoms with E-state index < -0.39 is 5.91 Å². The van der Waals surface area contributed by atoms with Gasteiger partial charge in [0.1, 0.15) is 18.1 Å². The van der Waals surface area contributed by atoms with E-state index in [0.717, 1.165) is 11.3 Å². The quantitative estimate of drug-likeness (QED) is 0.437. The van der Waals surface area contributed by atoms with Gasteiger partial charge in [0, 0.05) is 18.4 Å². The maximum atomic E-state index is 12.4. The molecule has 3 rings (SSSR count). The summed E-state index contributed by atoms with van der Waals surface area (Å²) in [4.78, 5) is 24.5. The number of benzene rings is 1. The fourth-order valence-corrected chi connectivity index (χ4v) is 2.44. The number of hydrogen-bond donors (Lipinski definition) is 4. The normalized spacial score (nSPS) is 9.90. The minimum Gasteiger partial charge on any atom is -0.463 e. The minimum atomic E-state index is -0.393. The van der Waals surface area contributed by atoms with Crippen molar-refractivity contribution < 1.29 is 14.6 Å². The molecule has 2 heterocycles. The van der Waals surface area contributed by atoms with Gasteiger partial charge in [0.15, 0.2) is 6.61 Å². The summed E-state index contributed by atoms with van der Waals surface area (Å²) in [5.74, 6) is 5.32. The Morgan fingerprint density at radius 1 is 1.13 bits per heavy atom. The zero-order valence-electron chi connectivity index (χ0n) is 16.0. The number of nitrogens with one attached hydrogen (secondary N) is 2. The number of carbonyl (C=O) groups is 1. The van der Waals surface area contributed by atoms with Crippen LogP contribution in [0.4, 0.5) is 17.2 Å². The molecule has 1 amide bonds. The molecule has 0 fully saturated rings. The Morgan fingerprint density at radius 2 is 2.03 bits per heavy atom. The zero-order chi connectivity index (χ0) is 21.2. The summed E-state index contributed by atoms with van der Waals surface area (Å²) in [6.45, 7) is 0.361. The first-order valence-corrected chi connectivity index (χ1v) is 9.02. The first kappa shape index (κ1) is 20.6. The van der Waals surface area contributed by atoms with E-state index in [9.17, 15) is 4.79 Å². The minimum absolute atomic E-state index is 0.0757. The number of aliphatic hydroxyl groups excluding tert-OH is 1. The number of carbonyl (C=O) groups excluding carboxylic acids is 1. The lowest BCUT2D eigenvalue weighted by Crippen LogP contribution is -2.14. The number of aromatic nitrogens is 3. The smallest absolute Gasteiger partial charge is 0.275 e. The van der Waals surface area contributed by atoms with Gasteiger partial charge >= 0.3 is 0 Å². The maximum Gasteiger partial charge on any atom is 0.275 e. The number of hydrogen-bond acceptors (Lipinski definition) is 8. The van der Waals surface area contributed by atoms with E-state index in [1.165, 1.54) is 12.4 Å². The van der Waals surface area contributed by atoms with Crippen LogP contribution in [0.5, 0.6) is 5.88 Å². The number of rotatable bonds is 7. The number of pyridine rings is 1. The van der Waals surface area contributed by atoms with Crippen molar-refractivity contribution in [3.8, 4) is 17.7 Å². The van der Waals surface area contributed by atoms with Crippen LogP contribution in [0.3, 0.4) is 0 Å². The van der Waals surface area contributed by atoms with Crippen molar-refractivity contribution >= 4 is 23.1 Å². The van der Waals surface area contributed by atoms with E-state index in [1.54, 1.807) is 18.3 Å². The number of nitrogens with zero attached hydrogens (tertiary/aromatic N) is 3. The number of aliphatic hydroxyl groups is 1. The Bertz CT molecular complexity index is 1060. The summed E-state index contributed by atoms with van der Waals surface area (Å²) in [6, 6.07) is 11.1. The molecule has 0 aliphatic rings. The molecule has 1 aromatic carbocycles. The number of nitrogens with two attached hydrogens (primary N) is 1. The lowest BCUT2D eigenvalue weighted by molar-refractivity contribution is 0.102. The standard InChI is InChI=1S/C21H20N6O3/c22-20-17(7-4-8-23-20)24-12-15-5-3-6-16(11-15)27-21(29)18-13-26-19(14-25-18)30-10-2-1-9-28/h3-8,11,13-14,24,28H,9-10,12H2,(H2,22,23)(H,27,29). The van der Waals surface area contributed by atoms with E-state index in [2.05, 4.69) is 37.4 Å². The average Bonchev–Trinajstić information content (AvgIpc) is 2.77. The van der Waals surface area contributed by atoms with Crippen molar-refractivity contribution in [2.75, 3.05) is 29.6 Å². The second-order valence-corrected chi connectivity index (χ2v) is 5.98. The highest BCUT2D eigenvalue weighted by molar-refractivity contribution is 6.02. The third-order valence-electron chi connectivity index (χ3n) is 3.86. The third kappa shape index (κ3) is 5.92. The van der Waals surface area contributed by atoms with Crippen LogP contribution >= 0.6 is 0 Å². The number of nitrogen functional groups attached to an aromatic ring is 1. The molecule has 30 heavy (non-hydrogen) atoms. The Hall–Kier alpha value is -4.16. The molecular weight excluding hydrogens is 384 g/mol. The van der Waals surface area contributed by atoms with Crippen molar-refractivity contribution in [2.24, 2.45) is 0 Å². The molecule has 0 aliphatic heterocycles. The maximum absolute atomic E-state index is 12.4. The molecule has 0 unspecified atom stereocenters. The summed E-state index contributed by atoms with van der Waals surface area (Å²) < 4.78 is 5.24. The summed E-state index contributed by atoms with van der Waals surface area (Å²) in [6.07, 6.45) is 4.29. The molecule has 5 N–H and O–H groups in total. The molecular formula is C21H20N6O3. The highest BCUT2D eigenvalue weighted by Gasteiger charge is 2.09. The molecule has 0 saturated carbocycles. The predicted molar refractivity (Wildman–Crippen MR) is 113 cm³/mol. The van der Waals surface area contributed by atoms with Gasteiger partial charge in [-0.25, -0.2) is 15.0 Å². The SMILES string of the molecule is Nc1ncccc1NCc1cccc(NC(=O)c2cnc(OCC#CCO)cn2)c1. The fourth-order valence-electron chi connectivity index (χ4n) is 2.44. The topological polar surface area (TPSA) is 135 Å². The van der Waals surface area contributed by atoms with Crippen LogP contribution in [0.15, 0.2) is 55.0 Å². The van der Waals surface area contributed by atoms with E-state index >= 15 is 0 Å². The van der Waals surface area contributed by atoms with Crippen LogP contribution in [0.2, 0.25) is 0 Å². The van der Waals surface area contributed by atoms with Gasteiger partial charge in [0.25, 0.3) is 5.91 Å². The highest BCUT2D eigenvalue weighted by Crippen LogP contribution is 2.17. The summed E-state index contributed by atoms with van der Waals surface area (Å²) in [5.41, 5.74) is 8.30. The summed E-state index contributed by atoms with van der Waals surface area (Å²) in [7, 11) is 0. The Kier molecular flexibility index (Phi) is 7.13. The molecule has 3 aromatic rings. The van der Waals surface area contributed by atoms with Gasteiger partial charge < -0.3 is 26.2 Å². The average molecular weight is 404 g/mol. The van der Waals surface area contributed by atoms with Gasteiger partial charge in [0.2, 0.25) is 5.88 Å². The van der Waals surface area contributed by atoms with Crippen molar-refractivity contribution in [3.05, 3.63) is 66.2 Å². The van der Waals surface area contributed by atoms with Crippen molar-refractivity contribution in [2.45, 2.75) is 6.54 Å². The lowest BCUT2D eigenvalue weighted by atomic mass is 10.2. The van der Waals surface area contributed by atoms with Crippen molar-refractivity contribution in [3.63, 3.8) is 0 Å². The van der Waals surface area contributed by atoms with Crippen LogP contribution in [-0.4, -0.2) is 39.2 Å². The number of anilines is 3. The summed E-state index contributed by atoms with van der Waals surface area (Å²) >= 11 is 0. The number of amides is 1. The van der Waals surface area contributed by atoms with Crippen LogP contribution in [0, 0.1) is 11.8 Å². The molecule has 0 spiro atoms. The largest absolute Gasteiger partial charge is 0.463 e. The zero-order valence-corrected chi connectivity index (χ0v) is 16.0. The van der Waals surface area contributed by atoms with Crippen LogP contribution in [0.25, 0.3) is 0 Å². The van der Waals surface area contributed by atoms with Crippen molar-refractivity contribution in [1.29, 1.82) is 0 Å². The Morgan fingerprint density at radius 3 is 2.80 bits per heavy atom. The first-order valence-electron chi connectivity index (χ1n) is 9.02. The highest BCUT2D eigenvalue weighted by atomic mass is 16.5.